The van der Waals surface area contributed by atoms with Crippen molar-refractivity contribution in [2.45, 2.75) is 129 Å². The van der Waals surface area contributed by atoms with Crippen LogP contribution in [0.5, 0.6) is 0 Å². The first-order valence-electron chi connectivity index (χ1n) is 21.4. The number of ether oxygens (including phenoxy) is 1. The number of thiazole rings is 1. The fraction of sp³-hybridized carbons (Fsp3) is 0.622. The molecule has 0 bridgehead atoms. The molecule has 3 aromatic rings. The van der Waals surface area contributed by atoms with Crippen molar-refractivity contribution in [3.63, 3.8) is 0 Å². The molecule has 1 aliphatic heterocycles. The molecule has 7 N–H and O–H groups in total. The highest BCUT2D eigenvalue weighted by Crippen LogP contribution is 2.31. The Morgan fingerprint density at radius 2 is 1.61 bits per heavy atom. The van der Waals surface area contributed by atoms with E-state index in [1.54, 1.807) is 19.4 Å². The second-order valence-electron chi connectivity index (χ2n) is 16.8. The molecule has 6 unspecified atom stereocenters. The number of nitrogens with zero attached hydrogens (tertiary/aromatic N) is 1. The number of amides is 4. The van der Waals surface area contributed by atoms with Gasteiger partial charge in [0.2, 0.25) is 23.6 Å². The van der Waals surface area contributed by atoms with Crippen LogP contribution in [0.4, 0.5) is 0 Å². The molecule has 2 aliphatic rings. The zero-order valence-electron chi connectivity index (χ0n) is 35.6. The molecule has 6 atom stereocenters. The standard InChI is InChI=1S/C41H59N5O6S.C4H9NO/c1-6-26(2)23-42-38(49)33(41(4,5)52)22-37(48)34(19-28-13-8-7-9-14-28)45-40(51)36(21-31-24-53-25-43-31)46-39(50)35(44-27(3)47)20-30-17-12-16-29-15-10-11-18-32(29)30;1-3-6-4-2-5-1/h10-12,15-18,24-26,28,33-37,48,52H,6-9,13-14,19-23H2,1-5H3,(H,42,49)(H,44,47)(H,45,51)(H,46,50);5H,1-4H2. The molecule has 13 nitrogen and oxygen atoms in total. The number of carbonyl (C=O) groups excluding carboxylic acids is 4. The second-order valence-corrected chi connectivity index (χ2v) is 17.5. The van der Waals surface area contributed by atoms with Gasteiger partial charge < -0.3 is 41.5 Å². The van der Waals surface area contributed by atoms with Gasteiger partial charge in [0.15, 0.2) is 0 Å². The number of benzene rings is 2. The third kappa shape index (κ3) is 16.2. The first-order chi connectivity index (χ1) is 28.2. The van der Waals surface area contributed by atoms with E-state index in [4.69, 9.17) is 4.74 Å². The van der Waals surface area contributed by atoms with Crippen molar-refractivity contribution in [1.29, 1.82) is 0 Å². The lowest BCUT2D eigenvalue weighted by molar-refractivity contribution is -0.135. The number of nitrogens with one attached hydrogen (secondary N) is 5. The Labute approximate surface area is 354 Å². The van der Waals surface area contributed by atoms with E-state index in [9.17, 15) is 29.4 Å². The first-order valence-corrected chi connectivity index (χ1v) is 22.4. The van der Waals surface area contributed by atoms with E-state index in [1.807, 2.05) is 61.7 Å². The molecule has 2 aromatic carbocycles. The van der Waals surface area contributed by atoms with Crippen LogP contribution < -0.4 is 26.6 Å². The predicted octanol–water partition coefficient (Wildman–Crippen LogP) is 4.43. The quantitative estimate of drug-likeness (QED) is 0.0916. The molecular formula is C45H68N6O7S. The van der Waals surface area contributed by atoms with Crippen molar-refractivity contribution >= 4 is 45.7 Å². The summed E-state index contributed by atoms with van der Waals surface area (Å²) in [6.07, 6.45) is 5.67. The fourth-order valence-corrected chi connectivity index (χ4v) is 8.30. The number of aliphatic hydroxyl groups is 2. The van der Waals surface area contributed by atoms with E-state index < -0.39 is 47.6 Å². The van der Waals surface area contributed by atoms with Crippen LogP contribution in [-0.4, -0.2) is 102 Å². The monoisotopic (exact) mass is 836 g/mol. The molecule has 1 saturated heterocycles. The van der Waals surface area contributed by atoms with Crippen LogP contribution in [-0.2, 0) is 36.8 Å². The molecule has 14 heteroatoms. The van der Waals surface area contributed by atoms with Gasteiger partial charge in [0, 0.05) is 44.8 Å². The maximum atomic E-state index is 14.3. The summed E-state index contributed by atoms with van der Waals surface area (Å²) >= 11 is 1.38. The van der Waals surface area contributed by atoms with Gasteiger partial charge in [-0.3, -0.25) is 19.2 Å². The number of hydrogen-bond donors (Lipinski definition) is 7. The molecule has 1 aliphatic carbocycles. The zero-order valence-corrected chi connectivity index (χ0v) is 36.5. The summed E-state index contributed by atoms with van der Waals surface area (Å²) < 4.78 is 5.01. The van der Waals surface area contributed by atoms with E-state index in [0.29, 0.717) is 18.7 Å². The normalized spacial score (nSPS) is 17.9. The SMILES string of the molecule is C1COCCN1.CCC(C)CNC(=O)C(CC(O)C(CC1CCCCC1)NC(=O)C(Cc1cscn1)NC(=O)C(Cc1cccc2ccccc12)NC(C)=O)C(C)(C)O. The molecule has 2 fully saturated rings. The minimum atomic E-state index is -1.43. The van der Waals surface area contributed by atoms with E-state index in [2.05, 4.69) is 31.6 Å². The number of carbonyl (C=O) groups is 4. The molecule has 0 radical (unpaired) electrons. The molecular weight excluding hydrogens is 769 g/mol. The van der Waals surface area contributed by atoms with Gasteiger partial charge >= 0.3 is 0 Å². The van der Waals surface area contributed by atoms with Crippen LogP contribution >= 0.6 is 11.3 Å². The van der Waals surface area contributed by atoms with Gasteiger partial charge in [-0.25, -0.2) is 4.98 Å². The zero-order chi connectivity index (χ0) is 42.8. The summed E-state index contributed by atoms with van der Waals surface area (Å²) in [5.41, 5.74) is 1.72. The summed E-state index contributed by atoms with van der Waals surface area (Å²) in [4.78, 5) is 58.4. The van der Waals surface area contributed by atoms with Crippen LogP contribution in [0.1, 0.15) is 97.2 Å². The Morgan fingerprint density at radius 1 is 0.932 bits per heavy atom. The first kappa shape index (κ1) is 47.7. The highest BCUT2D eigenvalue weighted by molar-refractivity contribution is 7.07. The number of fused-ring (bicyclic) bond motifs is 1. The van der Waals surface area contributed by atoms with Crippen LogP contribution in [0.3, 0.4) is 0 Å². The average Bonchev–Trinajstić information content (AvgIpc) is 3.75. The summed E-state index contributed by atoms with van der Waals surface area (Å²) in [6, 6.07) is 10.9. The van der Waals surface area contributed by atoms with Gasteiger partial charge in [0.05, 0.1) is 48.1 Å². The number of aliphatic hydroxyl groups excluding tert-OH is 1. The number of rotatable bonds is 19. The Bertz CT molecular complexity index is 1720. The van der Waals surface area contributed by atoms with Gasteiger partial charge in [-0.2, -0.15) is 0 Å². The van der Waals surface area contributed by atoms with Crippen molar-refractivity contribution in [1.82, 2.24) is 31.6 Å². The maximum absolute atomic E-state index is 14.3. The van der Waals surface area contributed by atoms with Crippen molar-refractivity contribution in [2.75, 3.05) is 32.8 Å². The number of aromatic nitrogens is 1. The third-order valence-corrected chi connectivity index (χ3v) is 12.1. The van der Waals surface area contributed by atoms with Gasteiger partial charge in [0.25, 0.3) is 0 Å². The molecule has 326 valence electrons. The molecule has 0 spiro atoms. The van der Waals surface area contributed by atoms with E-state index in [0.717, 1.165) is 81.2 Å². The largest absolute Gasteiger partial charge is 0.391 e. The second kappa shape index (κ2) is 24.3. The van der Waals surface area contributed by atoms with Crippen molar-refractivity contribution in [3.8, 4) is 0 Å². The highest BCUT2D eigenvalue weighted by Gasteiger charge is 2.39. The Hall–Kier alpha value is -3.95. The van der Waals surface area contributed by atoms with Gasteiger partial charge in [-0.15, -0.1) is 11.3 Å². The van der Waals surface area contributed by atoms with Gasteiger partial charge in [-0.05, 0) is 54.9 Å². The molecule has 4 amide bonds. The Kier molecular flexibility index (Phi) is 19.7. The van der Waals surface area contributed by atoms with Crippen molar-refractivity contribution < 1.29 is 34.1 Å². The lowest BCUT2D eigenvalue weighted by atomic mass is 9.80. The van der Waals surface area contributed by atoms with Gasteiger partial charge in [-0.1, -0.05) is 94.8 Å². The van der Waals surface area contributed by atoms with E-state index in [-0.39, 0.29) is 42.9 Å². The van der Waals surface area contributed by atoms with Crippen LogP contribution in [0.2, 0.25) is 0 Å². The molecule has 1 aromatic heterocycles. The van der Waals surface area contributed by atoms with Crippen LogP contribution in [0.15, 0.2) is 53.4 Å². The Balaban J connectivity index is 0.00000117. The molecule has 5 rings (SSSR count). The molecule has 1 saturated carbocycles. The summed E-state index contributed by atoms with van der Waals surface area (Å²) in [6.45, 7) is 12.8. The Morgan fingerprint density at radius 3 is 2.22 bits per heavy atom. The molecule has 2 heterocycles. The number of morpholine rings is 1. The van der Waals surface area contributed by atoms with Crippen molar-refractivity contribution in [3.05, 3.63) is 64.6 Å². The summed E-state index contributed by atoms with van der Waals surface area (Å²) in [5, 5.41) is 41.5. The summed E-state index contributed by atoms with van der Waals surface area (Å²) in [5.74, 6) is -2.15. The van der Waals surface area contributed by atoms with E-state index >= 15 is 0 Å². The molecule has 59 heavy (non-hydrogen) atoms. The van der Waals surface area contributed by atoms with Crippen molar-refractivity contribution in [2.24, 2.45) is 17.8 Å². The highest BCUT2D eigenvalue weighted by atomic mass is 32.1. The van der Waals surface area contributed by atoms with Gasteiger partial charge in [0.1, 0.15) is 12.1 Å². The van der Waals surface area contributed by atoms with Crippen LogP contribution in [0.25, 0.3) is 10.8 Å². The lowest BCUT2D eigenvalue weighted by Gasteiger charge is -2.35. The number of hydrogen-bond acceptors (Lipinski definition) is 10. The predicted molar refractivity (Wildman–Crippen MR) is 233 cm³/mol. The fourth-order valence-electron chi connectivity index (χ4n) is 7.73. The average molecular weight is 837 g/mol. The smallest absolute Gasteiger partial charge is 0.243 e. The third-order valence-electron chi connectivity index (χ3n) is 11.4. The summed E-state index contributed by atoms with van der Waals surface area (Å²) in [7, 11) is 0. The maximum Gasteiger partial charge on any atom is 0.243 e. The topological polar surface area (TPSA) is 191 Å². The lowest BCUT2D eigenvalue weighted by Crippen LogP contribution is -2.58. The minimum absolute atomic E-state index is 0.0632. The minimum Gasteiger partial charge on any atom is -0.391 e. The van der Waals surface area contributed by atoms with Crippen LogP contribution in [0, 0.1) is 17.8 Å². The van der Waals surface area contributed by atoms with E-state index in [1.165, 1.54) is 18.3 Å².